The Bertz CT molecular complexity index is 486. The highest BCUT2D eigenvalue weighted by molar-refractivity contribution is 14.1. The molecule has 2 nitrogen and oxygen atoms in total. The van der Waals surface area contributed by atoms with Crippen LogP contribution in [0.5, 0.6) is 0 Å². The Hall–Kier alpha value is -1.07. The molecule has 0 saturated heterocycles. The monoisotopic (exact) mass is 352 g/mol. The lowest BCUT2D eigenvalue weighted by molar-refractivity contribution is 0.660. The molecule has 0 aliphatic rings. The fraction of sp³-hybridized carbons (Fsp3) is 0.467. The van der Waals surface area contributed by atoms with Crippen molar-refractivity contribution < 1.29 is 0 Å². The lowest BCUT2D eigenvalue weighted by Gasteiger charge is -2.22. The van der Waals surface area contributed by atoms with Crippen LogP contribution in [-0.2, 0) is 15.3 Å². The van der Waals surface area contributed by atoms with Gasteiger partial charge in [-0.3, -0.25) is 0 Å². The van der Waals surface area contributed by atoms with Crippen molar-refractivity contribution in [3.8, 4) is 12.1 Å². The Balaban J connectivity index is 3.47. The number of nitriles is 2. The van der Waals surface area contributed by atoms with Crippen LogP contribution in [0.1, 0.15) is 44.4 Å². The molecule has 0 spiro atoms. The maximum Gasteiger partial charge on any atom is 0.0766 e. The van der Waals surface area contributed by atoms with Gasteiger partial charge in [0.25, 0.3) is 0 Å². The summed E-state index contributed by atoms with van der Waals surface area (Å²) < 4.78 is 0.877. The second-order valence-corrected chi connectivity index (χ2v) is 6.29. The zero-order valence-corrected chi connectivity index (χ0v) is 13.4. The van der Waals surface area contributed by atoms with Gasteiger partial charge in [0, 0.05) is 4.43 Å². The van der Waals surface area contributed by atoms with Crippen LogP contribution >= 0.6 is 22.6 Å². The molecule has 1 aromatic carbocycles. The van der Waals surface area contributed by atoms with Crippen molar-refractivity contribution in [1.82, 2.24) is 0 Å². The first-order valence-corrected chi connectivity index (χ1v) is 7.33. The van der Waals surface area contributed by atoms with Crippen molar-refractivity contribution in [2.45, 2.75) is 43.0 Å². The van der Waals surface area contributed by atoms with E-state index in [0.717, 1.165) is 21.1 Å². The minimum absolute atomic E-state index is 0.526. The van der Waals surface area contributed by atoms with Crippen molar-refractivity contribution in [1.29, 1.82) is 10.5 Å². The second kappa shape index (κ2) is 5.28. The molecule has 0 N–H and O–H groups in total. The summed E-state index contributed by atoms with van der Waals surface area (Å²) in [4.78, 5) is 0. The van der Waals surface area contributed by atoms with E-state index in [1.807, 2.05) is 33.8 Å². The van der Waals surface area contributed by atoms with E-state index < -0.39 is 10.8 Å². The van der Waals surface area contributed by atoms with E-state index in [1.54, 1.807) is 0 Å². The summed E-state index contributed by atoms with van der Waals surface area (Å²) in [6.07, 6.45) is 0. The number of benzene rings is 1. The van der Waals surface area contributed by atoms with Crippen molar-refractivity contribution in [3.05, 3.63) is 34.9 Å². The Labute approximate surface area is 123 Å². The fourth-order valence-corrected chi connectivity index (χ4v) is 2.06. The van der Waals surface area contributed by atoms with Gasteiger partial charge in [-0.25, -0.2) is 0 Å². The first-order chi connectivity index (χ1) is 8.26. The van der Waals surface area contributed by atoms with Gasteiger partial charge < -0.3 is 0 Å². The van der Waals surface area contributed by atoms with E-state index in [2.05, 4.69) is 46.9 Å². The van der Waals surface area contributed by atoms with Crippen molar-refractivity contribution in [2.24, 2.45) is 0 Å². The van der Waals surface area contributed by atoms with Gasteiger partial charge in [0.2, 0.25) is 0 Å². The van der Waals surface area contributed by atoms with E-state index >= 15 is 0 Å². The maximum atomic E-state index is 9.25. The van der Waals surface area contributed by atoms with Crippen molar-refractivity contribution in [2.75, 3.05) is 0 Å². The van der Waals surface area contributed by atoms with Crippen LogP contribution in [0.3, 0.4) is 0 Å². The average Bonchev–Trinajstić information content (AvgIpc) is 2.38. The number of hydrogen-bond acceptors (Lipinski definition) is 2. The summed E-state index contributed by atoms with van der Waals surface area (Å²) in [5.74, 6) is 0. The molecule has 0 heterocycles. The summed E-state index contributed by atoms with van der Waals surface area (Å²) >= 11 is 2.30. The second-order valence-electron chi connectivity index (χ2n) is 5.53. The van der Waals surface area contributed by atoms with Gasteiger partial charge in [0.05, 0.1) is 23.0 Å². The van der Waals surface area contributed by atoms with Crippen molar-refractivity contribution >= 4 is 22.6 Å². The number of hydrogen-bond donors (Lipinski definition) is 0. The fourth-order valence-electron chi connectivity index (χ4n) is 1.62. The molecule has 0 atom stereocenters. The summed E-state index contributed by atoms with van der Waals surface area (Å²) in [5.41, 5.74) is 2.08. The molecule has 0 aliphatic carbocycles. The average molecular weight is 352 g/mol. The lowest BCUT2D eigenvalue weighted by atomic mass is 9.79. The summed E-state index contributed by atoms with van der Waals surface area (Å²) in [6.45, 7) is 7.62. The van der Waals surface area contributed by atoms with E-state index in [0.29, 0.717) is 0 Å². The van der Waals surface area contributed by atoms with E-state index in [9.17, 15) is 10.5 Å². The molecule has 0 bridgehead atoms. The summed E-state index contributed by atoms with van der Waals surface area (Å²) in [5, 5.41) is 18.5. The molecule has 0 fully saturated rings. The van der Waals surface area contributed by atoms with E-state index in [1.165, 1.54) is 0 Å². The van der Waals surface area contributed by atoms with Crippen LogP contribution in [0.4, 0.5) is 0 Å². The molecule has 0 unspecified atom stereocenters. The molecule has 0 aliphatic heterocycles. The van der Waals surface area contributed by atoms with Gasteiger partial charge in [-0.1, -0.05) is 40.8 Å². The first kappa shape index (κ1) is 15.0. The zero-order valence-electron chi connectivity index (χ0n) is 11.2. The summed E-state index contributed by atoms with van der Waals surface area (Å²) in [6, 6.07) is 10.8. The first-order valence-electron chi connectivity index (χ1n) is 5.80. The van der Waals surface area contributed by atoms with E-state index in [-0.39, 0.29) is 0 Å². The summed E-state index contributed by atoms with van der Waals surface area (Å²) in [7, 11) is 0. The SMILES string of the molecule is CC(C)(C#N)c1cc(CI)cc(C(C)(C)C#N)c1. The molecule has 18 heavy (non-hydrogen) atoms. The third kappa shape index (κ3) is 3.03. The predicted octanol–water partition coefficient (Wildman–Crippen LogP) is 4.22. The highest BCUT2D eigenvalue weighted by Crippen LogP contribution is 2.30. The van der Waals surface area contributed by atoms with Gasteiger partial charge in [0.15, 0.2) is 0 Å². The molecule has 0 saturated carbocycles. The molecule has 1 rings (SSSR count). The third-order valence-electron chi connectivity index (χ3n) is 3.15. The number of halogens is 1. The Morgan fingerprint density at radius 3 is 1.61 bits per heavy atom. The largest absolute Gasteiger partial charge is 0.197 e. The zero-order chi connectivity index (χ0) is 14.0. The van der Waals surface area contributed by atoms with Crippen LogP contribution < -0.4 is 0 Å². The Kier molecular flexibility index (Phi) is 4.40. The predicted molar refractivity (Wildman–Crippen MR) is 81.4 cm³/mol. The Morgan fingerprint density at radius 1 is 0.944 bits per heavy atom. The van der Waals surface area contributed by atoms with Crippen LogP contribution in [0.25, 0.3) is 0 Å². The molecule has 0 aromatic heterocycles. The lowest BCUT2D eigenvalue weighted by Crippen LogP contribution is -2.19. The van der Waals surface area contributed by atoms with Gasteiger partial charge in [-0.2, -0.15) is 10.5 Å². The number of nitrogens with zero attached hydrogens (tertiary/aromatic N) is 2. The third-order valence-corrected chi connectivity index (χ3v) is 4.03. The van der Waals surface area contributed by atoms with Crippen LogP contribution in [0.2, 0.25) is 0 Å². The van der Waals surface area contributed by atoms with Crippen LogP contribution in [0.15, 0.2) is 18.2 Å². The maximum absolute atomic E-state index is 9.25. The smallest absolute Gasteiger partial charge is 0.0766 e. The minimum atomic E-state index is -0.526. The van der Waals surface area contributed by atoms with Crippen molar-refractivity contribution in [3.63, 3.8) is 0 Å². The van der Waals surface area contributed by atoms with Gasteiger partial charge in [-0.05, 0) is 44.4 Å². The van der Waals surface area contributed by atoms with Gasteiger partial charge in [0.1, 0.15) is 0 Å². The molecule has 0 amide bonds. The molecule has 0 radical (unpaired) electrons. The minimum Gasteiger partial charge on any atom is -0.197 e. The number of alkyl halides is 1. The molecular formula is C15H17IN2. The van der Waals surface area contributed by atoms with Crippen LogP contribution in [-0.4, -0.2) is 0 Å². The molecule has 3 heteroatoms. The van der Waals surface area contributed by atoms with E-state index in [4.69, 9.17) is 0 Å². The van der Waals surface area contributed by atoms with Crippen LogP contribution in [0, 0.1) is 22.7 Å². The van der Waals surface area contributed by atoms with Gasteiger partial charge >= 0.3 is 0 Å². The molecular weight excluding hydrogens is 335 g/mol. The highest BCUT2D eigenvalue weighted by Gasteiger charge is 2.25. The highest BCUT2D eigenvalue weighted by atomic mass is 127. The quantitative estimate of drug-likeness (QED) is 0.604. The number of rotatable bonds is 3. The van der Waals surface area contributed by atoms with Gasteiger partial charge in [-0.15, -0.1) is 0 Å². The Morgan fingerprint density at radius 2 is 1.33 bits per heavy atom. The standard InChI is InChI=1S/C15H17IN2/c1-14(2,9-17)12-5-11(8-16)6-13(7-12)15(3,4)10-18/h5-7H,8H2,1-4H3. The molecule has 1 aromatic rings. The molecule has 94 valence electrons. The topological polar surface area (TPSA) is 47.6 Å². The normalized spacial score (nSPS) is 11.7.